The van der Waals surface area contributed by atoms with Crippen LogP contribution in [0.4, 0.5) is 0 Å². The molecule has 0 saturated carbocycles. The molecule has 1 atom stereocenters. The predicted octanol–water partition coefficient (Wildman–Crippen LogP) is 3.11. The molecule has 0 radical (unpaired) electrons. The Morgan fingerprint density at radius 1 is 1.39 bits per heavy atom. The molecule has 0 aliphatic heterocycles. The summed E-state index contributed by atoms with van der Waals surface area (Å²) >= 11 is 1.89. The van der Waals surface area contributed by atoms with Crippen LogP contribution in [-0.2, 0) is 12.2 Å². The van der Waals surface area contributed by atoms with Crippen molar-refractivity contribution in [3.05, 3.63) is 23.3 Å². The van der Waals surface area contributed by atoms with E-state index in [0.29, 0.717) is 6.04 Å². The zero-order valence-corrected chi connectivity index (χ0v) is 12.2. The monoisotopic (exact) mass is 265 g/mol. The Morgan fingerprint density at radius 2 is 2.28 bits per heavy atom. The van der Waals surface area contributed by atoms with Gasteiger partial charge < -0.3 is 5.32 Å². The lowest BCUT2D eigenvalue weighted by Gasteiger charge is -2.17. The summed E-state index contributed by atoms with van der Waals surface area (Å²) in [5.74, 6) is 3.06. The van der Waals surface area contributed by atoms with Crippen molar-refractivity contribution in [3.63, 3.8) is 0 Å². The van der Waals surface area contributed by atoms with Gasteiger partial charge in [-0.3, -0.25) is 0 Å². The fourth-order valence-electron chi connectivity index (χ4n) is 2.48. The topological polar surface area (TPSA) is 37.8 Å². The van der Waals surface area contributed by atoms with Gasteiger partial charge >= 0.3 is 0 Å². The Hall–Kier alpha value is -0.610. The molecule has 1 heterocycles. The summed E-state index contributed by atoms with van der Waals surface area (Å²) in [6.45, 7) is 5.35. The number of nitrogens with one attached hydrogen (secondary N) is 1. The van der Waals surface area contributed by atoms with Crippen molar-refractivity contribution in [2.75, 3.05) is 12.3 Å². The van der Waals surface area contributed by atoms with E-state index in [-0.39, 0.29) is 0 Å². The van der Waals surface area contributed by atoms with Crippen molar-refractivity contribution in [2.24, 2.45) is 0 Å². The number of fused-ring (bicyclic) bond motifs is 1. The van der Waals surface area contributed by atoms with Crippen molar-refractivity contribution in [1.82, 2.24) is 15.3 Å². The second kappa shape index (κ2) is 7.10. The van der Waals surface area contributed by atoms with Crippen molar-refractivity contribution in [2.45, 2.75) is 51.3 Å². The Labute approximate surface area is 114 Å². The molecule has 1 aromatic rings. The van der Waals surface area contributed by atoms with Gasteiger partial charge in [-0.2, -0.15) is 11.8 Å². The number of hydrogen-bond acceptors (Lipinski definition) is 4. The second-order valence-corrected chi connectivity index (χ2v) is 5.96. The molecule has 1 aliphatic rings. The van der Waals surface area contributed by atoms with Crippen LogP contribution >= 0.6 is 11.8 Å². The third-order valence-corrected chi connectivity index (χ3v) is 4.24. The Kier molecular flexibility index (Phi) is 5.45. The molecule has 0 fully saturated rings. The molecule has 2 rings (SSSR count). The Balaban J connectivity index is 2.18. The largest absolute Gasteiger partial charge is 0.310 e. The van der Waals surface area contributed by atoms with E-state index in [1.54, 1.807) is 0 Å². The van der Waals surface area contributed by atoms with Crippen molar-refractivity contribution in [3.8, 4) is 0 Å². The number of aromatic nitrogens is 2. The molecule has 1 aromatic heterocycles. The van der Waals surface area contributed by atoms with Gasteiger partial charge in [-0.1, -0.05) is 20.3 Å². The van der Waals surface area contributed by atoms with Gasteiger partial charge in [-0.25, -0.2) is 9.97 Å². The molecule has 0 saturated heterocycles. The minimum atomic E-state index is 0.459. The molecule has 0 amide bonds. The van der Waals surface area contributed by atoms with E-state index < -0.39 is 0 Å². The Bertz CT molecular complexity index is 381. The summed E-state index contributed by atoms with van der Waals surface area (Å²) in [4.78, 5) is 9.30. The molecule has 100 valence electrons. The molecule has 1 N–H and O–H groups in total. The maximum absolute atomic E-state index is 4.77. The quantitative estimate of drug-likeness (QED) is 0.830. The number of rotatable bonds is 5. The molecule has 4 heteroatoms. The molecule has 3 nitrogen and oxygen atoms in total. The van der Waals surface area contributed by atoms with E-state index in [0.717, 1.165) is 30.3 Å². The first-order valence-corrected chi connectivity index (χ1v) is 8.16. The molecular weight excluding hydrogens is 242 g/mol. The van der Waals surface area contributed by atoms with E-state index >= 15 is 0 Å². The lowest BCUT2D eigenvalue weighted by atomic mass is 10.1. The van der Waals surface area contributed by atoms with E-state index in [1.165, 1.54) is 30.5 Å². The maximum atomic E-state index is 4.77. The molecule has 0 bridgehead atoms. The molecule has 0 spiro atoms. The number of nitrogens with zero attached hydrogens (tertiary/aromatic N) is 2. The van der Waals surface area contributed by atoms with E-state index in [1.807, 2.05) is 11.8 Å². The highest BCUT2D eigenvalue weighted by Gasteiger charge is 2.19. The highest BCUT2D eigenvalue weighted by molar-refractivity contribution is 7.98. The smallest absolute Gasteiger partial charge is 0.138 e. The van der Waals surface area contributed by atoms with Crippen LogP contribution in [0.15, 0.2) is 6.20 Å². The average molecular weight is 265 g/mol. The maximum Gasteiger partial charge on any atom is 0.138 e. The third-order valence-electron chi connectivity index (χ3n) is 3.37. The Morgan fingerprint density at radius 3 is 3.06 bits per heavy atom. The predicted molar refractivity (Wildman–Crippen MR) is 77.8 cm³/mol. The summed E-state index contributed by atoms with van der Waals surface area (Å²) < 4.78 is 0. The van der Waals surface area contributed by atoms with Crippen LogP contribution in [0.2, 0.25) is 0 Å². The lowest BCUT2D eigenvalue weighted by molar-refractivity contribution is 0.502. The standard InChI is InChI=1S/C14H23N3S/c1-3-15-12-7-5-6-8-13-11(12)9-16-14(17-13)10-18-4-2/h9,12,15H,3-8,10H2,1-2H3. The van der Waals surface area contributed by atoms with Crippen LogP contribution < -0.4 is 5.32 Å². The molecule has 1 aliphatic carbocycles. The normalized spacial score (nSPS) is 19.3. The van der Waals surface area contributed by atoms with Crippen molar-refractivity contribution >= 4 is 11.8 Å². The summed E-state index contributed by atoms with van der Waals surface area (Å²) in [6.07, 6.45) is 6.93. The van der Waals surface area contributed by atoms with E-state index in [2.05, 4.69) is 30.3 Å². The minimum absolute atomic E-state index is 0.459. The van der Waals surface area contributed by atoms with Gasteiger partial charge in [0, 0.05) is 23.5 Å². The van der Waals surface area contributed by atoms with Crippen LogP contribution in [0.25, 0.3) is 0 Å². The van der Waals surface area contributed by atoms with Crippen molar-refractivity contribution < 1.29 is 0 Å². The summed E-state index contributed by atoms with van der Waals surface area (Å²) in [5, 5.41) is 3.56. The van der Waals surface area contributed by atoms with Crippen LogP contribution in [0.5, 0.6) is 0 Å². The third kappa shape index (κ3) is 3.45. The van der Waals surface area contributed by atoms with Gasteiger partial charge in [0.25, 0.3) is 0 Å². The zero-order chi connectivity index (χ0) is 12.8. The average Bonchev–Trinajstić information content (AvgIpc) is 2.59. The highest BCUT2D eigenvalue weighted by Crippen LogP contribution is 2.27. The van der Waals surface area contributed by atoms with Crippen molar-refractivity contribution in [1.29, 1.82) is 0 Å². The van der Waals surface area contributed by atoms with Gasteiger partial charge in [0.05, 0.1) is 5.75 Å². The molecule has 0 aromatic carbocycles. The fraction of sp³-hybridized carbons (Fsp3) is 0.714. The van der Waals surface area contributed by atoms with Crippen LogP contribution in [-0.4, -0.2) is 22.3 Å². The van der Waals surface area contributed by atoms with Gasteiger partial charge in [0.15, 0.2) is 0 Å². The number of thioether (sulfide) groups is 1. The highest BCUT2D eigenvalue weighted by atomic mass is 32.2. The van der Waals surface area contributed by atoms with Crippen LogP contribution in [0, 0.1) is 0 Å². The summed E-state index contributed by atoms with van der Waals surface area (Å²) in [5.41, 5.74) is 2.61. The van der Waals surface area contributed by atoms with Gasteiger partial charge in [0.2, 0.25) is 0 Å². The molecule has 18 heavy (non-hydrogen) atoms. The zero-order valence-electron chi connectivity index (χ0n) is 11.4. The van der Waals surface area contributed by atoms with Crippen LogP contribution in [0.1, 0.15) is 56.2 Å². The van der Waals surface area contributed by atoms with Crippen LogP contribution in [0.3, 0.4) is 0 Å². The molecule has 1 unspecified atom stereocenters. The van der Waals surface area contributed by atoms with Gasteiger partial charge in [0.1, 0.15) is 5.82 Å². The van der Waals surface area contributed by atoms with Gasteiger partial charge in [-0.05, 0) is 31.6 Å². The SMILES string of the molecule is CCNC1CCCCc2nc(CSCC)ncc21. The summed E-state index contributed by atoms with van der Waals surface area (Å²) in [6, 6.07) is 0.459. The summed E-state index contributed by atoms with van der Waals surface area (Å²) in [7, 11) is 0. The second-order valence-electron chi connectivity index (χ2n) is 4.68. The lowest BCUT2D eigenvalue weighted by Crippen LogP contribution is -2.22. The van der Waals surface area contributed by atoms with E-state index in [4.69, 9.17) is 4.98 Å². The number of aryl methyl sites for hydroxylation is 1. The van der Waals surface area contributed by atoms with Gasteiger partial charge in [-0.15, -0.1) is 0 Å². The minimum Gasteiger partial charge on any atom is -0.310 e. The number of hydrogen-bond donors (Lipinski definition) is 1. The first-order chi connectivity index (χ1) is 8.85. The first kappa shape index (κ1) is 13.8. The van der Waals surface area contributed by atoms with E-state index in [9.17, 15) is 0 Å². The fourth-order valence-corrected chi connectivity index (χ4v) is 3.00. The first-order valence-electron chi connectivity index (χ1n) is 7.01. The molecular formula is C14H23N3S.